The molecule has 1 N–H and O–H groups in total. The highest BCUT2D eigenvalue weighted by atomic mass is 32.2. The lowest BCUT2D eigenvalue weighted by Gasteiger charge is -2.12. The minimum atomic E-state index is -3.78. The van der Waals surface area contributed by atoms with Crippen LogP contribution in [-0.2, 0) is 16.6 Å². The Balaban J connectivity index is 2.05. The van der Waals surface area contributed by atoms with Crippen molar-refractivity contribution in [1.29, 1.82) is 0 Å². The van der Waals surface area contributed by atoms with Gasteiger partial charge in [0.15, 0.2) is 5.58 Å². The smallest absolute Gasteiger partial charge is 0.408 e. The summed E-state index contributed by atoms with van der Waals surface area (Å²) >= 11 is 0. The maximum atomic E-state index is 12.6. The number of sulfonamides is 1. The predicted octanol–water partition coefficient (Wildman–Crippen LogP) is 3.03. The van der Waals surface area contributed by atoms with Crippen LogP contribution in [0.1, 0.15) is 18.1 Å². The standard InChI is InChI=1S/C17H18N2O4S/c1-4-19-15-9-8-13(10-16(15)23-17(19)20)24(21,22)18-14-7-5-6-11(2)12(14)3/h5-10,18H,4H2,1-3H3. The summed E-state index contributed by atoms with van der Waals surface area (Å²) in [6.07, 6.45) is 0. The average molecular weight is 346 g/mol. The molecule has 0 amide bonds. The van der Waals surface area contributed by atoms with Crippen LogP contribution in [0.3, 0.4) is 0 Å². The third kappa shape index (κ3) is 2.71. The molecule has 1 heterocycles. The fourth-order valence-electron chi connectivity index (χ4n) is 2.58. The Labute approximate surface area is 139 Å². The molecule has 0 atom stereocenters. The van der Waals surface area contributed by atoms with E-state index in [0.29, 0.717) is 17.7 Å². The maximum Gasteiger partial charge on any atom is 0.419 e. The molecule has 0 bridgehead atoms. The van der Waals surface area contributed by atoms with E-state index in [1.54, 1.807) is 18.2 Å². The molecule has 0 radical (unpaired) electrons. The molecule has 0 fully saturated rings. The molecule has 2 aromatic carbocycles. The van der Waals surface area contributed by atoms with E-state index in [1.165, 1.54) is 16.7 Å². The van der Waals surface area contributed by atoms with Crippen LogP contribution in [0.15, 0.2) is 50.5 Å². The number of fused-ring (bicyclic) bond motifs is 1. The summed E-state index contributed by atoms with van der Waals surface area (Å²) in [5.41, 5.74) is 3.23. The number of oxazole rings is 1. The van der Waals surface area contributed by atoms with Crippen molar-refractivity contribution in [3.05, 3.63) is 58.1 Å². The largest absolute Gasteiger partial charge is 0.419 e. The molecule has 1 aromatic heterocycles. The van der Waals surface area contributed by atoms with Gasteiger partial charge in [-0.05, 0) is 50.1 Å². The third-order valence-electron chi connectivity index (χ3n) is 4.12. The van der Waals surface area contributed by atoms with Crippen molar-refractivity contribution < 1.29 is 12.8 Å². The van der Waals surface area contributed by atoms with Gasteiger partial charge in [0, 0.05) is 12.6 Å². The molecular formula is C17H18N2O4S. The van der Waals surface area contributed by atoms with E-state index < -0.39 is 15.8 Å². The molecule has 0 saturated carbocycles. The molecule has 6 nitrogen and oxygen atoms in total. The summed E-state index contributed by atoms with van der Waals surface area (Å²) in [7, 11) is -3.78. The van der Waals surface area contributed by atoms with Gasteiger partial charge in [0.25, 0.3) is 10.0 Å². The van der Waals surface area contributed by atoms with Gasteiger partial charge < -0.3 is 4.42 Å². The lowest BCUT2D eigenvalue weighted by Crippen LogP contribution is -2.14. The Kier molecular flexibility index (Phi) is 3.96. The molecule has 3 aromatic rings. The van der Waals surface area contributed by atoms with E-state index in [9.17, 15) is 13.2 Å². The van der Waals surface area contributed by atoms with Crippen molar-refractivity contribution in [1.82, 2.24) is 4.57 Å². The van der Waals surface area contributed by atoms with Crippen molar-refractivity contribution in [2.45, 2.75) is 32.2 Å². The Morgan fingerprint density at radius 1 is 1.17 bits per heavy atom. The molecule has 0 saturated heterocycles. The van der Waals surface area contributed by atoms with Crippen LogP contribution in [0.25, 0.3) is 11.1 Å². The number of nitrogens with zero attached hydrogens (tertiary/aromatic N) is 1. The Morgan fingerprint density at radius 3 is 2.62 bits per heavy atom. The quantitative estimate of drug-likeness (QED) is 0.787. The summed E-state index contributed by atoms with van der Waals surface area (Å²) in [4.78, 5) is 11.8. The minimum Gasteiger partial charge on any atom is -0.408 e. The molecule has 126 valence electrons. The van der Waals surface area contributed by atoms with Gasteiger partial charge in [-0.1, -0.05) is 12.1 Å². The van der Waals surface area contributed by atoms with Gasteiger partial charge in [-0.15, -0.1) is 0 Å². The number of rotatable bonds is 4. The number of hydrogen-bond donors (Lipinski definition) is 1. The van der Waals surface area contributed by atoms with Gasteiger partial charge in [-0.25, -0.2) is 13.2 Å². The summed E-state index contributed by atoms with van der Waals surface area (Å²) in [6, 6.07) is 9.85. The second kappa shape index (κ2) is 5.83. The van der Waals surface area contributed by atoms with Gasteiger partial charge in [0.05, 0.1) is 16.1 Å². The molecule has 0 aliphatic rings. The highest BCUT2D eigenvalue weighted by Gasteiger charge is 2.18. The monoisotopic (exact) mass is 346 g/mol. The zero-order chi connectivity index (χ0) is 17.5. The fraction of sp³-hybridized carbons (Fsp3) is 0.235. The molecule has 24 heavy (non-hydrogen) atoms. The average Bonchev–Trinajstić information content (AvgIpc) is 2.85. The first-order chi connectivity index (χ1) is 11.3. The zero-order valence-electron chi connectivity index (χ0n) is 13.7. The Morgan fingerprint density at radius 2 is 1.92 bits per heavy atom. The highest BCUT2D eigenvalue weighted by molar-refractivity contribution is 7.92. The van der Waals surface area contributed by atoms with E-state index in [-0.39, 0.29) is 10.5 Å². The number of hydrogen-bond acceptors (Lipinski definition) is 4. The number of benzene rings is 2. The summed E-state index contributed by atoms with van der Waals surface area (Å²) < 4.78 is 34.4. The van der Waals surface area contributed by atoms with Crippen molar-refractivity contribution in [3.8, 4) is 0 Å². The molecule has 0 spiro atoms. The van der Waals surface area contributed by atoms with Gasteiger partial charge in [0.1, 0.15) is 0 Å². The number of aromatic nitrogens is 1. The third-order valence-corrected chi connectivity index (χ3v) is 5.48. The first-order valence-electron chi connectivity index (χ1n) is 7.56. The molecule has 7 heteroatoms. The second-order valence-corrected chi connectivity index (χ2v) is 7.28. The summed E-state index contributed by atoms with van der Waals surface area (Å²) in [5.74, 6) is -0.496. The number of nitrogens with one attached hydrogen (secondary N) is 1. The second-order valence-electron chi connectivity index (χ2n) is 5.59. The maximum absolute atomic E-state index is 12.6. The Bertz CT molecular complexity index is 1080. The van der Waals surface area contributed by atoms with Crippen molar-refractivity contribution in [3.63, 3.8) is 0 Å². The summed E-state index contributed by atoms with van der Waals surface area (Å²) in [6.45, 7) is 6.06. The van der Waals surface area contributed by atoms with Crippen LogP contribution in [0.5, 0.6) is 0 Å². The SMILES string of the molecule is CCn1c(=O)oc2cc(S(=O)(=O)Nc3cccc(C)c3C)ccc21. The zero-order valence-corrected chi connectivity index (χ0v) is 14.5. The van der Waals surface area contributed by atoms with Crippen LogP contribution >= 0.6 is 0 Å². The summed E-state index contributed by atoms with van der Waals surface area (Å²) in [5, 5.41) is 0. The van der Waals surface area contributed by atoms with Crippen molar-refractivity contribution >= 4 is 26.8 Å². The Hall–Kier alpha value is -2.54. The molecule has 3 rings (SSSR count). The van der Waals surface area contributed by atoms with Gasteiger partial charge in [-0.2, -0.15) is 0 Å². The van der Waals surface area contributed by atoms with Crippen molar-refractivity contribution in [2.24, 2.45) is 0 Å². The van der Waals surface area contributed by atoms with E-state index in [0.717, 1.165) is 11.1 Å². The predicted molar refractivity (Wildman–Crippen MR) is 92.9 cm³/mol. The van der Waals surface area contributed by atoms with E-state index in [1.807, 2.05) is 26.8 Å². The lowest BCUT2D eigenvalue weighted by molar-refractivity contribution is 0.512. The van der Waals surface area contributed by atoms with E-state index in [4.69, 9.17) is 4.42 Å². The first kappa shape index (κ1) is 16.3. The number of anilines is 1. The highest BCUT2D eigenvalue weighted by Crippen LogP contribution is 2.24. The van der Waals surface area contributed by atoms with Crippen LogP contribution in [0.2, 0.25) is 0 Å². The molecule has 0 aliphatic heterocycles. The van der Waals surface area contributed by atoms with Crippen LogP contribution in [-0.4, -0.2) is 13.0 Å². The lowest BCUT2D eigenvalue weighted by atomic mass is 10.1. The molecular weight excluding hydrogens is 328 g/mol. The first-order valence-corrected chi connectivity index (χ1v) is 9.04. The van der Waals surface area contributed by atoms with Crippen LogP contribution < -0.4 is 10.5 Å². The van der Waals surface area contributed by atoms with Gasteiger partial charge in [-0.3, -0.25) is 9.29 Å². The fourth-order valence-corrected chi connectivity index (χ4v) is 3.72. The normalized spacial score (nSPS) is 11.8. The van der Waals surface area contributed by atoms with Crippen LogP contribution in [0, 0.1) is 13.8 Å². The molecule has 0 unspecified atom stereocenters. The topological polar surface area (TPSA) is 81.3 Å². The minimum absolute atomic E-state index is 0.0490. The van der Waals surface area contributed by atoms with Gasteiger partial charge in [0.2, 0.25) is 0 Å². The van der Waals surface area contributed by atoms with E-state index >= 15 is 0 Å². The van der Waals surface area contributed by atoms with Crippen LogP contribution in [0.4, 0.5) is 5.69 Å². The van der Waals surface area contributed by atoms with Crippen molar-refractivity contribution in [2.75, 3.05) is 4.72 Å². The van der Waals surface area contributed by atoms with Gasteiger partial charge >= 0.3 is 5.76 Å². The van der Waals surface area contributed by atoms with E-state index in [2.05, 4.69) is 4.72 Å². The number of aryl methyl sites for hydroxylation is 2. The molecule has 0 aliphatic carbocycles.